The summed E-state index contributed by atoms with van der Waals surface area (Å²) in [6.45, 7) is 6.36. The molecule has 0 amide bonds. The first-order valence-electron chi connectivity index (χ1n) is 7.71. The molecule has 142 valence electrons. The van der Waals surface area contributed by atoms with E-state index in [1.807, 2.05) is 6.66 Å². The Morgan fingerprint density at radius 1 is 1.42 bits per heavy atom. The van der Waals surface area contributed by atoms with E-state index in [0.717, 1.165) is 0 Å². The minimum absolute atomic E-state index is 0.0656. The second kappa shape index (κ2) is 12.1. The van der Waals surface area contributed by atoms with Crippen LogP contribution in [0.15, 0.2) is 59.7 Å². The highest BCUT2D eigenvalue weighted by Crippen LogP contribution is 2.30. The van der Waals surface area contributed by atoms with Crippen molar-refractivity contribution in [3.05, 3.63) is 64.7 Å². The van der Waals surface area contributed by atoms with Crippen molar-refractivity contribution >= 4 is 37.5 Å². The maximum Gasteiger partial charge on any atom is 0.320 e. The second-order valence-electron chi connectivity index (χ2n) is 5.12. The van der Waals surface area contributed by atoms with Gasteiger partial charge in [-0.25, -0.2) is 4.39 Å². The third-order valence-corrected chi connectivity index (χ3v) is 4.77. The van der Waals surface area contributed by atoms with Crippen molar-refractivity contribution in [1.82, 2.24) is 5.09 Å². The van der Waals surface area contributed by atoms with E-state index < -0.39 is 20.4 Å². The Labute approximate surface area is 164 Å². The Morgan fingerprint density at radius 2 is 2.08 bits per heavy atom. The van der Waals surface area contributed by atoms with Gasteiger partial charge in [-0.1, -0.05) is 41.9 Å². The summed E-state index contributed by atoms with van der Waals surface area (Å²) < 4.78 is 24.4. The monoisotopic (exact) mass is 419 g/mol. The lowest BCUT2D eigenvalue weighted by Gasteiger charge is -2.15. The fourth-order valence-corrected chi connectivity index (χ4v) is 2.96. The van der Waals surface area contributed by atoms with Crippen LogP contribution in [0.3, 0.4) is 0 Å². The predicted octanol–water partition coefficient (Wildman–Crippen LogP) is 5.39. The van der Waals surface area contributed by atoms with Crippen LogP contribution < -0.4 is 9.61 Å². The average Bonchev–Trinajstić information content (AvgIpc) is 2.60. The summed E-state index contributed by atoms with van der Waals surface area (Å²) in [5.41, 5.74) is 0.189. The molecule has 0 aliphatic carbocycles. The SMILES string of the molecule is C=C/C=C\C(Cl)=C(\COC(=O)CNP(C)Oc1ccc(Cl)cc1)C(C)F. The summed E-state index contributed by atoms with van der Waals surface area (Å²) in [5, 5.41) is 3.72. The third kappa shape index (κ3) is 8.81. The molecule has 0 bridgehead atoms. The number of benzene rings is 1. The minimum atomic E-state index is -1.34. The van der Waals surface area contributed by atoms with E-state index in [-0.39, 0.29) is 23.8 Å². The molecule has 0 aromatic heterocycles. The zero-order valence-electron chi connectivity index (χ0n) is 14.5. The van der Waals surface area contributed by atoms with E-state index >= 15 is 0 Å². The van der Waals surface area contributed by atoms with Crippen LogP contribution in [-0.4, -0.2) is 32.0 Å². The van der Waals surface area contributed by atoms with Gasteiger partial charge in [0.1, 0.15) is 25.1 Å². The summed E-state index contributed by atoms with van der Waals surface area (Å²) in [6, 6.07) is 6.90. The predicted molar refractivity (Wildman–Crippen MR) is 107 cm³/mol. The molecular weight excluding hydrogens is 399 g/mol. The van der Waals surface area contributed by atoms with Crippen molar-refractivity contribution in [2.75, 3.05) is 19.8 Å². The number of rotatable bonds is 10. The topological polar surface area (TPSA) is 47.6 Å². The minimum Gasteiger partial charge on any atom is -0.460 e. The molecule has 4 nitrogen and oxygen atoms in total. The molecule has 1 rings (SSSR count). The van der Waals surface area contributed by atoms with Gasteiger partial charge < -0.3 is 9.26 Å². The van der Waals surface area contributed by atoms with Crippen molar-refractivity contribution in [2.24, 2.45) is 0 Å². The number of alkyl halides is 1. The molecule has 1 N–H and O–H groups in total. The fraction of sp³-hybridized carbons (Fsp3) is 0.278. The highest BCUT2D eigenvalue weighted by molar-refractivity contribution is 7.49. The Kier molecular flexibility index (Phi) is 10.5. The van der Waals surface area contributed by atoms with E-state index in [0.29, 0.717) is 10.8 Å². The molecule has 2 unspecified atom stereocenters. The Balaban J connectivity index is 2.46. The second-order valence-corrected chi connectivity index (χ2v) is 7.46. The van der Waals surface area contributed by atoms with Crippen molar-refractivity contribution in [3.63, 3.8) is 0 Å². The van der Waals surface area contributed by atoms with Crippen LogP contribution in [0.25, 0.3) is 0 Å². The van der Waals surface area contributed by atoms with Crippen molar-refractivity contribution in [2.45, 2.75) is 13.1 Å². The van der Waals surface area contributed by atoms with Gasteiger partial charge in [0.15, 0.2) is 8.30 Å². The van der Waals surface area contributed by atoms with E-state index in [4.69, 9.17) is 32.5 Å². The molecule has 26 heavy (non-hydrogen) atoms. The van der Waals surface area contributed by atoms with E-state index in [1.54, 1.807) is 30.3 Å². The van der Waals surface area contributed by atoms with Crippen LogP contribution in [0.4, 0.5) is 4.39 Å². The average molecular weight is 420 g/mol. The van der Waals surface area contributed by atoms with Crippen LogP contribution in [0, 0.1) is 0 Å². The van der Waals surface area contributed by atoms with Gasteiger partial charge in [0, 0.05) is 22.3 Å². The first kappa shape index (κ1) is 22.7. The van der Waals surface area contributed by atoms with E-state index in [2.05, 4.69) is 11.7 Å². The number of carbonyl (C=O) groups is 1. The standard InChI is InChI=1S/C18H21Cl2FNO3P/c1-4-5-6-17(20)16(13(2)21)12-24-18(23)11-22-26(3)25-15-9-7-14(19)8-10-15/h4-10,13,22H,1,11-12H2,2-3H3/b6-5-,17-16+. The maximum absolute atomic E-state index is 13.6. The summed E-state index contributed by atoms with van der Waals surface area (Å²) in [4.78, 5) is 11.8. The fourth-order valence-electron chi connectivity index (χ4n) is 1.70. The highest BCUT2D eigenvalue weighted by atomic mass is 35.5. The molecule has 2 atom stereocenters. The molecule has 0 radical (unpaired) electrons. The molecule has 1 aromatic carbocycles. The van der Waals surface area contributed by atoms with Gasteiger partial charge >= 0.3 is 5.97 Å². The lowest BCUT2D eigenvalue weighted by molar-refractivity contribution is -0.141. The molecule has 0 aliphatic heterocycles. The van der Waals surface area contributed by atoms with Gasteiger partial charge in [0.05, 0.1) is 0 Å². The van der Waals surface area contributed by atoms with Crippen LogP contribution in [0.1, 0.15) is 6.92 Å². The van der Waals surface area contributed by atoms with E-state index in [1.165, 1.54) is 19.1 Å². The zero-order valence-corrected chi connectivity index (χ0v) is 17.0. The molecule has 8 heteroatoms. The van der Waals surface area contributed by atoms with Gasteiger partial charge in [-0.3, -0.25) is 9.88 Å². The first-order valence-corrected chi connectivity index (χ1v) is 10.2. The van der Waals surface area contributed by atoms with Crippen molar-refractivity contribution < 1.29 is 18.4 Å². The molecule has 0 heterocycles. The van der Waals surface area contributed by atoms with Gasteiger partial charge in [-0.05, 0) is 37.3 Å². The Hall–Kier alpha value is -1.39. The van der Waals surface area contributed by atoms with Crippen molar-refractivity contribution in [3.8, 4) is 5.75 Å². The Bertz CT molecular complexity index is 663. The maximum atomic E-state index is 13.6. The third-order valence-electron chi connectivity index (χ3n) is 3.06. The molecule has 0 saturated heterocycles. The summed E-state index contributed by atoms with van der Waals surface area (Å²) in [5.74, 6) is 0.107. The van der Waals surface area contributed by atoms with Crippen LogP contribution in [-0.2, 0) is 9.53 Å². The number of halogens is 3. The molecule has 0 saturated carbocycles. The van der Waals surface area contributed by atoms with Crippen LogP contribution in [0.2, 0.25) is 5.02 Å². The summed E-state index contributed by atoms with van der Waals surface area (Å²) >= 11 is 11.8. The van der Waals surface area contributed by atoms with Gasteiger partial charge in [-0.2, -0.15) is 0 Å². The number of carbonyl (C=O) groups excluding carboxylic acids is 1. The lowest BCUT2D eigenvalue weighted by Crippen LogP contribution is -2.23. The van der Waals surface area contributed by atoms with E-state index in [9.17, 15) is 9.18 Å². The molecular formula is C18H21Cl2FNO3P. The largest absolute Gasteiger partial charge is 0.460 e. The number of ether oxygens (including phenoxy) is 1. The van der Waals surface area contributed by atoms with Crippen LogP contribution >= 0.6 is 31.5 Å². The highest BCUT2D eigenvalue weighted by Gasteiger charge is 2.15. The number of allylic oxidation sites excluding steroid dienone is 4. The zero-order chi connectivity index (χ0) is 19.5. The summed E-state index contributed by atoms with van der Waals surface area (Å²) in [7, 11) is -1.09. The van der Waals surface area contributed by atoms with Crippen LogP contribution in [0.5, 0.6) is 5.75 Å². The van der Waals surface area contributed by atoms with Gasteiger partial charge in [0.25, 0.3) is 0 Å². The first-order chi connectivity index (χ1) is 12.3. The lowest BCUT2D eigenvalue weighted by atomic mass is 10.1. The van der Waals surface area contributed by atoms with Gasteiger partial charge in [0.2, 0.25) is 0 Å². The molecule has 0 spiro atoms. The number of nitrogens with one attached hydrogen (secondary N) is 1. The molecule has 1 aromatic rings. The number of hydrogen-bond donors (Lipinski definition) is 1. The quantitative estimate of drug-likeness (QED) is 0.314. The summed E-state index contributed by atoms with van der Waals surface area (Å²) in [6.07, 6.45) is 3.25. The molecule has 0 fully saturated rings. The van der Waals surface area contributed by atoms with Gasteiger partial charge in [-0.15, -0.1) is 0 Å². The molecule has 0 aliphatic rings. The smallest absolute Gasteiger partial charge is 0.320 e. The Morgan fingerprint density at radius 3 is 2.65 bits per heavy atom. The van der Waals surface area contributed by atoms with Crippen molar-refractivity contribution in [1.29, 1.82) is 0 Å². The number of esters is 1. The normalized spacial score (nSPS) is 14.5. The number of hydrogen-bond acceptors (Lipinski definition) is 4.